The van der Waals surface area contributed by atoms with Crippen LogP contribution in [0.2, 0.25) is 0 Å². The Bertz CT molecular complexity index is 1130. The zero-order chi connectivity index (χ0) is 23.0. The van der Waals surface area contributed by atoms with Gasteiger partial charge in [-0.3, -0.25) is 0 Å². The maximum absolute atomic E-state index is 13.3. The fourth-order valence-corrected chi connectivity index (χ4v) is 4.00. The second-order valence-electron chi connectivity index (χ2n) is 8.79. The van der Waals surface area contributed by atoms with E-state index in [0.29, 0.717) is 42.1 Å². The predicted molar refractivity (Wildman–Crippen MR) is 123 cm³/mol. The number of piperazine rings is 1. The number of ether oxygens (including phenoxy) is 1. The van der Waals surface area contributed by atoms with Crippen molar-refractivity contribution in [1.29, 1.82) is 0 Å². The second-order valence-corrected chi connectivity index (χ2v) is 9.56. The van der Waals surface area contributed by atoms with Crippen LogP contribution in [0, 0.1) is 5.82 Å². The number of anilines is 1. The van der Waals surface area contributed by atoms with Gasteiger partial charge in [-0.05, 0) is 58.2 Å². The Morgan fingerprint density at radius 3 is 2.53 bits per heavy atom. The molecule has 0 N–H and O–H groups in total. The molecule has 1 fully saturated rings. The van der Waals surface area contributed by atoms with Crippen LogP contribution in [0.3, 0.4) is 0 Å². The number of hydrogen-bond acceptors (Lipinski definition) is 7. The number of nitrogens with zero attached hydrogens (tertiary/aromatic N) is 6. The highest BCUT2D eigenvalue weighted by molar-refractivity contribution is 7.98. The van der Waals surface area contributed by atoms with E-state index in [2.05, 4.69) is 9.88 Å². The smallest absolute Gasteiger partial charge is 0.410 e. The minimum Gasteiger partial charge on any atom is -0.444 e. The van der Waals surface area contributed by atoms with Crippen molar-refractivity contribution < 1.29 is 13.9 Å². The van der Waals surface area contributed by atoms with Gasteiger partial charge in [-0.2, -0.15) is 14.6 Å². The van der Waals surface area contributed by atoms with E-state index in [-0.39, 0.29) is 18.0 Å². The minimum absolute atomic E-state index is 0.00236. The van der Waals surface area contributed by atoms with Gasteiger partial charge in [-0.15, -0.1) is 0 Å². The van der Waals surface area contributed by atoms with Crippen LogP contribution in [0.5, 0.6) is 0 Å². The lowest BCUT2D eigenvalue weighted by molar-refractivity contribution is 0.0217. The van der Waals surface area contributed by atoms with E-state index in [0.717, 1.165) is 5.56 Å². The summed E-state index contributed by atoms with van der Waals surface area (Å²) in [7, 11) is 0. The van der Waals surface area contributed by atoms with Gasteiger partial charge in [0, 0.05) is 37.3 Å². The van der Waals surface area contributed by atoms with Crippen LogP contribution in [0.25, 0.3) is 16.9 Å². The molecule has 1 aromatic carbocycles. The minimum atomic E-state index is -0.532. The highest BCUT2D eigenvalue weighted by Crippen LogP contribution is 2.26. The van der Waals surface area contributed by atoms with Crippen molar-refractivity contribution in [2.75, 3.05) is 30.8 Å². The lowest BCUT2D eigenvalue weighted by atomic mass is 10.1. The molecule has 32 heavy (non-hydrogen) atoms. The van der Waals surface area contributed by atoms with Gasteiger partial charge in [0.2, 0.25) is 5.95 Å². The quantitative estimate of drug-likeness (QED) is 0.547. The molecule has 0 radical (unpaired) electrons. The summed E-state index contributed by atoms with van der Waals surface area (Å²) in [6, 6.07) is 8.10. The van der Waals surface area contributed by atoms with E-state index < -0.39 is 5.60 Å². The normalized spacial score (nSPS) is 17.1. The molecule has 0 spiro atoms. The molecule has 1 amide bonds. The molecule has 0 bridgehead atoms. The standard InChI is InChI=1S/C22H27FN6O2S/c1-14-13-27(21(30)31-22(2,3)4)10-11-28(14)20-25-19(32-5)24-18-12-17(26-29(18)20)15-6-8-16(23)9-7-15/h6-9,12,14H,10-11,13H2,1-5H3/t14-/m0/s1. The molecule has 8 nitrogen and oxygen atoms in total. The Hall–Kier alpha value is -2.88. The van der Waals surface area contributed by atoms with Crippen molar-refractivity contribution in [3.63, 3.8) is 0 Å². The molecule has 3 heterocycles. The number of aromatic nitrogens is 4. The van der Waals surface area contributed by atoms with Crippen molar-refractivity contribution in [2.45, 2.75) is 44.5 Å². The fourth-order valence-electron chi connectivity index (χ4n) is 3.64. The van der Waals surface area contributed by atoms with Crippen LogP contribution < -0.4 is 4.90 Å². The molecule has 0 aliphatic carbocycles. The second kappa shape index (κ2) is 8.57. The highest BCUT2D eigenvalue weighted by atomic mass is 32.2. The number of hydrogen-bond donors (Lipinski definition) is 0. The Labute approximate surface area is 190 Å². The van der Waals surface area contributed by atoms with Crippen LogP contribution in [0.1, 0.15) is 27.7 Å². The number of rotatable bonds is 3. The molecular weight excluding hydrogens is 431 g/mol. The van der Waals surface area contributed by atoms with E-state index in [4.69, 9.17) is 14.8 Å². The molecule has 1 atom stereocenters. The molecule has 170 valence electrons. The Kier molecular flexibility index (Phi) is 5.98. The van der Waals surface area contributed by atoms with E-state index >= 15 is 0 Å². The van der Waals surface area contributed by atoms with Gasteiger partial charge in [-0.25, -0.2) is 14.2 Å². The Balaban J connectivity index is 1.65. The molecule has 2 aromatic heterocycles. The average Bonchev–Trinajstić information content (AvgIpc) is 3.16. The average molecular weight is 459 g/mol. The maximum Gasteiger partial charge on any atom is 0.410 e. The third kappa shape index (κ3) is 4.64. The fraction of sp³-hybridized carbons (Fsp3) is 0.455. The monoisotopic (exact) mass is 458 g/mol. The number of halogens is 1. The first-order valence-electron chi connectivity index (χ1n) is 10.5. The van der Waals surface area contributed by atoms with Crippen molar-refractivity contribution in [1.82, 2.24) is 24.5 Å². The predicted octanol–water partition coefficient (Wildman–Crippen LogP) is 4.10. The number of carbonyl (C=O) groups is 1. The number of amides is 1. The van der Waals surface area contributed by atoms with Crippen LogP contribution >= 0.6 is 11.8 Å². The first-order chi connectivity index (χ1) is 15.1. The first-order valence-corrected chi connectivity index (χ1v) is 11.7. The van der Waals surface area contributed by atoms with Crippen LogP contribution in [0.15, 0.2) is 35.5 Å². The largest absolute Gasteiger partial charge is 0.444 e. The summed E-state index contributed by atoms with van der Waals surface area (Å²) in [5.74, 6) is 0.378. The zero-order valence-corrected chi connectivity index (χ0v) is 19.7. The van der Waals surface area contributed by atoms with Crippen LogP contribution in [-0.2, 0) is 4.74 Å². The molecule has 1 saturated heterocycles. The maximum atomic E-state index is 13.3. The molecule has 10 heteroatoms. The third-order valence-corrected chi connectivity index (χ3v) is 5.69. The van der Waals surface area contributed by atoms with Gasteiger partial charge >= 0.3 is 6.09 Å². The van der Waals surface area contributed by atoms with Gasteiger partial charge < -0.3 is 14.5 Å². The van der Waals surface area contributed by atoms with Gasteiger partial charge in [0.25, 0.3) is 0 Å². The summed E-state index contributed by atoms with van der Waals surface area (Å²) in [4.78, 5) is 25.7. The summed E-state index contributed by atoms with van der Waals surface area (Å²) >= 11 is 1.46. The topological polar surface area (TPSA) is 75.9 Å². The van der Waals surface area contributed by atoms with Gasteiger partial charge in [0.05, 0.1) is 5.69 Å². The summed E-state index contributed by atoms with van der Waals surface area (Å²) in [5, 5.41) is 5.35. The Morgan fingerprint density at radius 1 is 1.19 bits per heavy atom. The molecular formula is C22H27FN6O2S. The zero-order valence-electron chi connectivity index (χ0n) is 18.9. The lowest BCUT2D eigenvalue weighted by Crippen LogP contribution is -2.55. The summed E-state index contributed by atoms with van der Waals surface area (Å²) < 4.78 is 20.6. The SMILES string of the molecule is CSc1nc(N2CCN(C(=O)OC(C)(C)C)C[C@@H]2C)n2nc(-c3ccc(F)cc3)cc2n1. The number of thioether (sulfide) groups is 1. The molecule has 1 aliphatic rings. The molecule has 4 rings (SSSR count). The highest BCUT2D eigenvalue weighted by Gasteiger charge is 2.32. The number of benzene rings is 1. The number of carbonyl (C=O) groups excluding carboxylic acids is 1. The van der Waals surface area contributed by atoms with E-state index in [1.807, 2.05) is 40.0 Å². The van der Waals surface area contributed by atoms with Gasteiger partial charge in [0.1, 0.15) is 11.4 Å². The summed E-state index contributed by atoms with van der Waals surface area (Å²) in [6.07, 6.45) is 1.62. The Morgan fingerprint density at radius 2 is 1.91 bits per heavy atom. The van der Waals surface area contributed by atoms with Crippen molar-refractivity contribution in [2.24, 2.45) is 0 Å². The number of fused-ring (bicyclic) bond motifs is 1. The molecule has 1 aliphatic heterocycles. The van der Waals surface area contributed by atoms with Crippen molar-refractivity contribution in [3.05, 3.63) is 36.1 Å². The van der Waals surface area contributed by atoms with Gasteiger partial charge in [-0.1, -0.05) is 11.8 Å². The van der Waals surface area contributed by atoms with Crippen LogP contribution in [-0.4, -0.2) is 68.1 Å². The van der Waals surface area contributed by atoms with Crippen molar-refractivity contribution in [3.8, 4) is 11.3 Å². The molecule has 0 unspecified atom stereocenters. The van der Waals surface area contributed by atoms with Gasteiger partial charge in [0.15, 0.2) is 10.8 Å². The summed E-state index contributed by atoms with van der Waals surface area (Å²) in [6.45, 7) is 9.26. The lowest BCUT2D eigenvalue weighted by Gasteiger charge is -2.40. The van der Waals surface area contributed by atoms with E-state index in [1.165, 1.54) is 23.9 Å². The van der Waals surface area contributed by atoms with E-state index in [1.54, 1.807) is 21.5 Å². The molecule has 3 aromatic rings. The van der Waals surface area contributed by atoms with Crippen LogP contribution in [0.4, 0.5) is 15.1 Å². The van der Waals surface area contributed by atoms with E-state index in [9.17, 15) is 9.18 Å². The molecule has 0 saturated carbocycles. The summed E-state index contributed by atoms with van der Waals surface area (Å²) in [5.41, 5.74) is 1.63. The van der Waals surface area contributed by atoms with Crippen molar-refractivity contribution >= 4 is 29.5 Å². The third-order valence-electron chi connectivity index (χ3n) is 5.14. The first kappa shape index (κ1) is 22.3.